The third kappa shape index (κ3) is 3.00. The van der Waals surface area contributed by atoms with E-state index in [0.717, 1.165) is 0 Å². The zero-order chi connectivity index (χ0) is 16.4. The van der Waals surface area contributed by atoms with Crippen LogP contribution in [0.25, 0.3) is 5.65 Å². The molecular weight excluding hydrogens is 288 g/mol. The van der Waals surface area contributed by atoms with Crippen LogP contribution < -0.4 is 10.9 Å². The van der Waals surface area contributed by atoms with Gasteiger partial charge in [0.2, 0.25) is 5.91 Å². The number of aryl methyl sites for hydroxylation is 1. The third-order valence-electron chi connectivity index (χ3n) is 3.43. The molecule has 0 spiro atoms. The van der Waals surface area contributed by atoms with E-state index in [2.05, 4.69) is 15.4 Å². The Morgan fingerprint density at radius 1 is 1.45 bits per heavy atom. The summed E-state index contributed by atoms with van der Waals surface area (Å²) in [6, 6.07) is 0.662. The van der Waals surface area contributed by atoms with Gasteiger partial charge in [-0.2, -0.15) is 0 Å². The topological polar surface area (TPSA) is 117 Å². The highest BCUT2D eigenvalue weighted by Gasteiger charge is 2.24. The summed E-state index contributed by atoms with van der Waals surface area (Å²) in [7, 11) is 0. The van der Waals surface area contributed by atoms with Gasteiger partial charge in [-0.1, -0.05) is 13.8 Å². The fourth-order valence-electron chi connectivity index (χ4n) is 2.21. The minimum absolute atomic E-state index is 0.212. The van der Waals surface area contributed by atoms with Gasteiger partial charge < -0.3 is 10.4 Å². The van der Waals surface area contributed by atoms with Gasteiger partial charge in [-0.3, -0.25) is 14.7 Å². The smallest absolute Gasteiger partial charge is 0.326 e. The highest BCUT2D eigenvalue weighted by atomic mass is 16.4. The van der Waals surface area contributed by atoms with Crippen LogP contribution in [0, 0.1) is 12.8 Å². The molecular formula is C14H18N4O4. The summed E-state index contributed by atoms with van der Waals surface area (Å²) in [4.78, 5) is 39.7. The molecule has 8 heteroatoms. The maximum absolute atomic E-state index is 12.3. The third-order valence-corrected chi connectivity index (χ3v) is 3.43. The number of aliphatic carboxylic acids is 1. The van der Waals surface area contributed by atoms with Crippen LogP contribution in [0.4, 0.5) is 0 Å². The Morgan fingerprint density at radius 3 is 2.73 bits per heavy atom. The number of fused-ring (bicyclic) bond motifs is 1. The number of amides is 1. The lowest BCUT2D eigenvalue weighted by molar-refractivity contribution is -0.143. The number of carboxylic acid groups (broad SMARTS) is 1. The number of carbonyl (C=O) groups excluding carboxylic acids is 1. The van der Waals surface area contributed by atoms with Gasteiger partial charge in [0.25, 0.3) is 5.56 Å². The SMILES string of the molecule is Cc1nc2cc[nH]n2c(=O)c1CC(=O)N[C@H](C(=O)O)C(C)C. The van der Waals surface area contributed by atoms with E-state index in [1.165, 1.54) is 4.52 Å². The fraction of sp³-hybridized carbons (Fsp3) is 0.429. The number of nitrogens with zero attached hydrogens (tertiary/aromatic N) is 2. The number of aromatic amines is 1. The molecule has 0 aromatic carbocycles. The molecule has 1 amide bonds. The Bertz CT molecular complexity index is 775. The molecule has 2 aromatic heterocycles. The summed E-state index contributed by atoms with van der Waals surface area (Å²) in [5.74, 6) is -1.88. The van der Waals surface area contributed by atoms with Gasteiger partial charge in [-0.15, -0.1) is 0 Å². The van der Waals surface area contributed by atoms with Crippen LogP contribution in [0.1, 0.15) is 25.1 Å². The quantitative estimate of drug-likeness (QED) is 0.724. The van der Waals surface area contributed by atoms with Crippen molar-refractivity contribution in [1.29, 1.82) is 0 Å². The summed E-state index contributed by atoms with van der Waals surface area (Å²) in [5, 5.41) is 14.2. The lowest BCUT2D eigenvalue weighted by atomic mass is 10.0. The van der Waals surface area contributed by atoms with Gasteiger partial charge in [-0.25, -0.2) is 14.3 Å². The second kappa shape index (κ2) is 6.00. The van der Waals surface area contributed by atoms with Crippen molar-refractivity contribution >= 4 is 17.5 Å². The van der Waals surface area contributed by atoms with Crippen LogP contribution in [0.15, 0.2) is 17.1 Å². The number of rotatable bonds is 5. The lowest BCUT2D eigenvalue weighted by Gasteiger charge is -2.18. The summed E-state index contributed by atoms with van der Waals surface area (Å²) < 4.78 is 1.24. The largest absolute Gasteiger partial charge is 0.480 e. The molecule has 0 bridgehead atoms. The average molecular weight is 306 g/mol. The average Bonchev–Trinajstić information content (AvgIpc) is 2.88. The van der Waals surface area contributed by atoms with Gasteiger partial charge in [0.15, 0.2) is 5.65 Å². The number of carboxylic acids is 1. The van der Waals surface area contributed by atoms with E-state index in [1.54, 1.807) is 33.0 Å². The molecule has 2 rings (SSSR count). The molecule has 0 fully saturated rings. The van der Waals surface area contributed by atoms with Gasteiger partial charge in [-0.05, 0) is 12.8 Å². The van der Waals surface area contributed by atoms with Crippen LogP contribution in [0.3, 0.4) is 0 Å². The maximum atomic E-state index is 12.3. The predicted molar refractivity (Wildman–Crippen MR) is 78.7 cm³/mol. The van der Waals surface area contributed by atoms with Crippen molar-refractivity contribution in [3.8, 4) is 0 Å². The number of carbonyl (C=O) groups is 2. The Morgan fingerprint density at radius 2 is 2.14 bits per heavy atom. The molecule has 0 unspecified atom stereocenters. The molecule has 118 valence electrons. The molecule has 0 saturated carbocycles. The van der Waals surface area contributed by atoms with Gasteiger partial charge in [0.05, 0.1) is 6.42 Å². The van der Waals surface area contributed by atoms with Crippen molar-refractivity contribution in [2.24, 2.45) is 5.92 Å². The number of hydrogen-bond donors (Lipinski definition) is 3. The van der Waals surface area contributed by atoms with Gasteiger partial charge in [0, 0.05) is 23.5 Å². The first-order chi connectivity index (χ1) is 10.3. The molecule has 22 heavy (non-hydrogen) atoms. The molecule has 2 aromatic rings. The lowest BCUT2D eigenvalue weighted by Crippen LogP contribution is -2.45. The highest BCUT2D eigenvalue weighted by molar-refractivity contribution is 5.85. The van der Waals surface area contributed by atoms with E-state index < -0.39 is 17.9 Å². The van der Waals surface area contributed by atoms with Gasteiger partial charge >= 0.3 is 5.97 Å². The Labute approximate surface area is 126 Å². The maximum Gasteiger partial charge on any atom is 0.326 e. The Hall–Kier alpha value is -2.64. The number of hydrogen-bond acceptors (Lipinski definition) is 4. The summed E-state index contributed by atoms with van der Waals surface area (Å²) in [6.45, 7) is 5.05. The molecule has 0 aliphatic rings. The fourth-order valence-corrected chi connectivity index (χ4v) is 2.21. The van der Waals surface area contributed by atoms with Crippen LogP contribution in [-0.2, 0) is 16.0 Å². The van der Waals surface area contributed by atoms with Crippen molar-refractivity contribution in [3.05, 3.63) is 33.9 Å². The van der Waals surface area contributed by atoms with Crippen LogP contribution in [-0.4, -0.2) is 37.6 Å². The second-order valence-electron chi connectivity index (χ2n) is 5.44. The number of aromatic nitrogens is 3. The number of nitrogens with one attached hydrogen (secondary N) is 2. The minimum Gasteiger partial charge on any atom is -0.480 e. The van der Waals surface area contributed by atoms with Crippen molar-refractivity contribution in [1.82, 2.24) is 19.9 Å². The second-order valence-corrected chi connectivity index (χ2v) is 5.44. The van der Waals surface area contributed by atoms with Crippen molar-refractivity contribution in [3.63, 3.8) is 0 Å². The van der Waals surface area contributed by atoms with E-state index >= 15 is 0 Å². The summed E-state index contributed by atoms with van der Waals surface area (Å²) in [5.41, 5.74) is 0.804. The molecule has 0 aliphatic heterocycles. The molecule has 1 atom stereocenters. The van der Waals surface area contributed by atoms with Gasteiger partial charge in [0.1, 0.15) is 6.04 Å². The summed E-state index contributed by atoms with van der Waals surface area (Å²) >= 11 is 0. The molecule has 0 saturated heterocycles. The Balaban J connectivity index is 2.25. The molecule has 3 N–H and O–H groups in total. The standard InChI is InChI=1S/C14H18N4O4/c1-7(2)12(14(21)22)17-11(19)6-9-8(3)16-10-4-5-15-18(10)13(9)20/h4-5,7,12,15H,6H2,1-3H3,(H,17,19)(H,21,22)/t12-/m0/s1. The number of H-pyrrole nitrogens is 1. The van der Waals surface area contributed by atoms with Crippen LogP contribution in [0.2, 0.25) is 0 Å². The van der Waals surface area contributed by atoms with E-state index in [-0.39, 0.29) is 23.5 Å². The zero-order valence-electron chi connectivity index (χ0n) is 12.6. The highest BCUT2D eigenvalue weighted by Crippen LogP contribution is 2.06. The van der Waals surface area contributed by atoms with E-state index in [0.29, 0.717) is 11.3 Å². The molecule has 0 radical (unpaired) electrons. The molecule has 2 heterocycles. The van der Waals surface area contributed by atoms with E-state index in [4.69, 9.17) is 5.11 Å². The molecule has 0 aliphatic carbocycles. The predicted octanol–water partition coefficient (Wildman–Crippen LogP) is 0.0989. The molecule has 8 nitrogen and oxygen atoms in total. The van der Waals surface area contributed by atoms with Crippen LogP contribution in [0.5, 0.6) is 0 Å². The van der Waals surface area contributed by atoms with Crippen molar-refractivity contribution < 1.29 is 14.7 Å². The zero-order valence-corrected chi connectivity index (χ0v) is 12.6. The monoisotopic (exact) mass is 306 g/mol. The first kappa shape index (κ1) is 15.7. The first-order valence-corrected chi connectivity index (χ1v) is 6.89. The van der Waals surface area contributed by atoms with Crippen molar-refractivity contribution in [2.45, 2.75) is 33.2 Å². The first-order valence-electron chi connectivity index (χ1n) is 6.89. The van der Waals surface area contributed by atoms with Crippen molar-refractivity contribution in [2.75, 3.05) is 0 Å². The summed E-state index contributed by atoms with van der Waals surface area (Å²) in [6.07, 6.45) is 1.36. The Kier molecular flexibility index (Phi) is 4.30. The normalized spacial score (nSPS) is 12.5. The van der Waals surface area contributed by atoms with E-state index in [9.17, 15) is 14.4 Å². The minimum atomic E-state index is -1.10. The van der Waals surface area contributed by atoms with E-state index in [1.807, 2.05) is 0 Å². The van der Waals surface area contributed by atoms with Crippen LogP contribution >= 0.6 is 0 Å².